The molecular formula is C15H8Cl3FN2. The van der Waals surface area contributed by atoms with Crippen LogP contribution in [0.4, 0.5) is 4.39 Å². The van der Waals surface area contributed by atoms with E-state index < -0.39 is 0 Å². The van der Waals surface area contributed by atoms with E-state index in [-0.39, 0.29) is 11.0 Å². The molecule has 0 N–H and O–H groups in total. The summed E-state index contributed by atoms with van der Waals surface area (Å²) in [6, 6.07) is 7.90. The zero-order valence-corrected chi connectivity index (χ0v) is 13.1. The Morgan fingerprint density at radius 2 is 1.76 bits per heavy atom. The Hall–Kier alpha value is -1.42. The van der Waals surface area contributed by atoms with Crippen LogP contribution in [0, 0.1) is 12.7 Å². The summed E-state index contributed by atoms with van der Waals surface area (Å²) < 4.78 is 13.7. The molecule has 0 fully saturated rings. The van der Waals surface area contributed by atoms with Gasteiger partial charge in [0.1, 0.15) is 11.0 Å². The number of nitrogens with zero attached hydrogens (tertiary/aromatic N) is 2. The minimum Gasteiger partial charge on any atom is -0.227 e. The number of hydrogen-bond acceptors (Lipinski definition) is 2. The van der Waals surface area contributed by atoms with Gasteiger partial charge in [0.25, 0.3) is 0 Å². The van der Waals surface area contributed by atoms with Crippen LogP contribution in [-0.4, -0.2) is 9.97 Å². The lowest BCUT2D eigenvalue weighted by atomic mass is 10.1. The van der Waals surface area contributed by atoms with Crippen molar-refractivity contribution < 1.29 is 4.39 Å². The van der Waals surface area contributed by atoms with Crippen LogP contribution >= 0.6 is 34.8 Å². The quantitative estimate of drug-likeness (QED) is 0.530. The molecule has 3 aromatic rings. The molecule has 0 saturated heterocycles. The lowest BCUT2D eigenvalue weighted by Gasteiger charge is -2.08. The van der Waals surface area contributed by atoms with Gasteiger partial charge in [-0.1, -0.05) is 34.8 Å². The summed E-state index contributed by atoms with van der Waals surface area (Å²) in [6.07, 6.45) is 0. The van der Waals surface area contributed by atoms with Crippen molar-refractivity contribution in [3.05, 3.63) is 56.9 Å². The predicted octanol–water partition coefficient (Wildman–Crippen LogP) is 5.70. The Bertz CT molecular complexity index is 865. The van der Waals surface area contributed by atoms with Crippen molar-refractivity contribution in [2.45, 2.75) is 6.92 Å². The van der Waals surface area contributed by atoms with Gasteiger partial charge in [0, 0.05) is 21.5 Å². The van der Waals surface area contributed by atoms with Gasteiger partial charge in [-0.3, -0.25) is 0 Å². The highest BCUT2D eigenvalue weighted by Gasteiger charge is 2.14. The molecule has 3 rings (SSSR count). The third-order valence-corrected chi connectivity index (χ3v) is 4.02. The Kier molecular flexibility index (Phi) is 3.74. The topological polar surface area (TPSA) is 25.8 Å². The van der Waals surface area contributed by atoms with Crippen LogP contribution in [-0.2, 0) is 0 Å². The Morgan fingerprint density at radius 1 is 1.00 bits per heavy atom. The fraction of sp³-hybridized carbons (Fsp3) is 0.0667. The summed E-state index contributed by atoms with van der Waals surface area (Å²) in [5.74, 6) is -0.00622. The van der Waals surface area contributed by atoms with Gasteiger partial charge in [-0.15, -0.1) is 0 Å². The van der Waals surface area contributed by atoms with Gasteiger partial charge >= 0.3 is 0 Å². The van der Waals surface area contributed by atoms with Gasteiger partial charge in [-0.05, 0) is 37.3 Å². The second kappa shape index (κ2) is 5.41. The highest BCUT2D eigenvalue weighted by atomic mass is 35.5. The average molecular weight is 342 g/mol. The normalized spacial score (nSPS) is 11.1. The molecule has 0 unspecified atom stereocenters. The van der Waals surface area contributed by atoms with Crippen LogP contribution in [0.5, 0.6) is 0 Å². The maximum atomic E-state index is 13.7. The first-order valence-corrected chi connectivity index (χ1v) is 7.18. The SMILES string of the molecule is Cc1c(F)ccc2c(Cl)nc(-c3ccc(Cl)cc3Cl)nc12. The summed E-state index contributed by atoms with van der Waals surface area (Å²) in [4.78, 5) is 8.63. The minimum absolute atomic E-state index is 0.254. The molecule has 0 aliphatic carbocycles. The molecule has 0 radical (unpaired) electrons. The maximum Gasteiger partial charge on any atom is 0.163 e. The highest BCUT2D eigenvalue weighted by molar-refractivity contribution is 6.36. The summed E-state index contributed by atoms with van der Waals surface area (Å²) in [5.41, 5.74) is 1.48. The van der Waals surface area contributed by atoms with Crippen molar-refractivity contribution in [1.82, 2.24) is 9.97 Å². The molecule has 0 saturated carbocycles. The molecule has 6 heteroatoms. The van der Waals surface area contributed by atoms with Gasteiger partial charge in [-0.25, -0.2) is 14.4 Å². The van der Waals surface area contributed by atoms with E-state index in [0.717, 1.165) is 0 Å². The number of benzene rings is 2. The lowest BCUT2D eigenvalue weighted by Crippen LogP contribution is -1.96. The minimum atomic E-state index is -0.342. The highest BCUT2D eigenvalue weighted by Crippen LogP contribution is 2.32. The van der Waals surface area contributed by atoms with Gasteiger partial charge < -0.3 is 0 Å². The summed E-state index contributed by atoms with van der Waals surface area (Å²) >= 11 is 18.2. The van der Waals surface area contributed by atoms with Crippen LogP contribution in [0.15, 0.2) is 30.3 Å². The molecule has 0 atom stereocenters. The third-order valence-electron chi connectivity index (χ3n) is 3.18. The summed E-state index contributed by atoms with van der Waals surface area (Å²) in [6.45, 7) is 1.65. The number of halogens is 4. The first-order valence-electron chi connectivity index (χ1n) is 6.05. The van der Waals surface area contributed by atoms with Crippen LogP contribution in [0.1, 0.15) is 5.56 Å². The number of rotatable bonds is 1. The second-order valence-electron chi connectivity index (χ2n) is 4.53. The molecular weight excluding hydrogens is 334 g/mol. The van der Waals surface area contributed by atoms with E-state index in [0.29, 0.717) is 37.9 Å². The third kappa shape index (κ3) is 2.57. The van der Waals surface area contributed by atoms with E-state index in [1.807, 2.05) is 0 Å². The van der Waals surface area contributed by atoms with Gasteiger partial charge in [0.05, 0.1) is 10.5 Å². The van der Waals surface area contributed by atoms with E-state index in [4.69, 9.17) is 34.8 Å². The Morgan fingerprint density at radius 3 is 2.48 bits per heavy atom. The van der Waals surface area contributed by atoms with E-state index in [1.54, 1.807) is 31.2 Å². The van der Waals surface area contributed by atoms with Crippen LogP contribution in [0.2, 0.25) is 15.2 Å². The maximum absolute atomic E-state index is 13.7. The number of aryl methyl sites for hydroxylation is 1. The summed E-state index contributed by atoms with van der Waals surface area (Å²) in [7, 11) is 0. The van der Waals surface area contributed by atoms with Gasteiger partial charge in [0.2, 0.25) is 0 Å². The first kappa shape index (κ1) is 14.5. The van der Waals surface area contributed by atoms with Crippen LogP contribution in [0.25, 0.3) is 22.3 Å². The fourth-order valence-corrected chi connectivity index (χ4v) is 2.79. The summed E-state index contributed by atoms with van der Waals surface area (Å²) in [5, 5.41) is 1.78. The van der Waals surface area contributed by atoms with Crippen molar-refractivity contribution in [3.8, 4) is 11.4 Å². The molecule has 0 aliphatic rings. The van der Waals surface area contributed by atoms with Crippen molar-refractivity contribution in [3.63, 3.8) is 0 Å². The molecule has 0 bridgehead atoms. The predicted molar refractivity (Wildman–Crippen MR) is 84.7 cm³/mol. The van der Waals surface area contributed by atoms with E-state index in [2.05, 4.69) is 9.97 Å². The van der Waals surface area contributed by atoms with Crippen LogP contribution in [0.3, 0.4) is 0 Å². The molecule has 2 aromatic carbocycles. The van der Waals surface area contributed by atoms with Gasteiger partial charge in [-0.2, -0.15) is 0 Å². The molecule has 21 heavy (non-hydrogen) atoms. The molecule has 0 amide bonds. The number of fused-ring (bicyclic) bond motifs is 1. The molecule has 0 spiro atoms. The van der Waals surface area contributed by atoms with Crippen molar-refractivity contribution in [2.75, 3.05) is 0 Å². The van der Waals surface area contributed by atoms with E-state index in [1.165, 1.54) is 6.07 Å². The zero-order valence-electron chi connectivity index (χ0n) is 10.8. The zero-order chi connectivity index (χ0) is 15.1. The smallest absolute Gasteiger partial charge is 0.163 e. The van der Waals surface area contributed by atoms with E-state index >= 15 is 0 Å². The monoisotopic (exact) mass is 340 g/mol. The van der Waals surface area contributed by atoms with Crippen molar-refractivity contribution >= 4 is 45.7 Å². The Balaban J connectivity index is 2.31. The standard InChI is InChI=1S/C15H8Cl3FN2/c1-7-12(19)5-4-10-13(7)20-15(21-14(10)18)9-3-2-8(16)6-11(9)17/h2-6H,1H3. The molecule has 2 nitrogen and oxygen atoms in total. The second-order valence-corrected chi connectivity index (χ2v) is 5.73. The molecule has 1 aromatic heterocycles. The number of hydrogen-bond donors (Lipinski definition) is 0. The Labute approximate surface area is 135 Å². The lowest BCUT2D eigenvalue weighted by molar-refractivity contribution is 0.620. The van der Waals surface area contributed by atoms with Crippen molar-refractivity contribution in [1.29, 1.82) is 0 Å². The van der Waals surface area contributed by atoms with Gasteiger partial charge in [0.15, 0.2) is 5.82 Å². The first-order chi connectivity index (χ1) is 9.97. The molecule has 106 valence electrons. The largest absolute Gasteiger partial charge is 0.227 e. The molecule has 1 heterocycles. The van der Waals surface area contributed by atoms with Crippen molar-refractivity contribution in [2.24, 2.45) is 0 Å². The molecule has 0 aliphatic heterocycles. The fourth-order valence-electron chi connectivity index (χ4n) is 2.06. The van der Waals surface area contributed by atoms with E-state index in [9.17, 15) is 4.39 Å². The van der Waals surface area contributed by atoms with Crippen LogP contribution < -0.4 is 0 Å². The average Bonchev–Trinajstić information content (AvgIpc) is 2.43. The number of aromatic nitrogens is 2.